The van der Waals surface area contributed by atoms with Crippen LogP contribution in [0.4, 0.5) is 0 Å². The summed E-state index contributed by atoms with van der Waals surface area (Å²) >= 11 is 0. The molecule has 0 bridgehead atoms. The monoisotopic (exact) mass is 217 g/mol. The molecule has 0 amide bonds. The van der Waals surface area contributed by atoms with Gasteiger partial charge in [0, 0.05) is 23.8 Å². The van der Waals surface area contributed by atoms with Gasteiger partial charge < -0.3 is 5.32 Å². The molecule has 3 heteroatoms. The van der Waals surface area contributed by atoms with Gasteiger partial charge >= 0.3 is 0 Å². The number of hydrogen-bond acceptors (Lipinski definition) is 2. The van der Waals surface area contributed by atoms with Gasteiger partial charge in [0.25, 0.3) is 0 Å². The molecule has 0 spiro atoms. The van der Waals surface area contributed by atoms with Crippen LogP contribution < -0.4 is 5.32 Å². The first-order valence-electron chi connectivity index (χ1n) is 5.79. The molecular weight excluding hydrogens is 198 g/mol. The number of aromatic nitrogens is 2. The lowest BCUT2D eigenvalue weighted by molar-refractivity contribution is 0.375. The van der Waals surface area contributed by atoms with E-state index in [-0.39, 0.29) is 5.54 Å². The summed E-state index contributed by atoms with van der Waals surface area (Å²) in [4.78, 5) is 0. The summed E-state index contributed by atoms with van der Waals surface area (Å²) in [6.07, 6.45) is 5.03. The number of nitrogens with zero attached hydrogens (tertiary/aromatic N) is 2. The van der Waals surface area contributed by atoms with E-state index in [1.807, 2.05) is 29.0 Å². The van der Waals surface area contributed by atoms with E-state index in [4.69, 9.17) is 0 Å². The van der Waals surface area contributed by atoms with Crippen LogP contribution >= 0.6 is 0 Å². The zero-order chi connectivity index (χ0) is 11.6. The predicted molar refractivity (Wildman–Crippen MR) is 66.4 cm³/mol. The second kappa shape index (κ2) is 4.26. The zero-order valence-corrected chi connectivity index (χ0v) is 10.2. The van der Waals surface area contributed by atoms with E-state index in [2.05, 4.69) is 37.3 Å². The predicted octanol–water partition coefficient (Wildman–Crippen LogP) is 2.61. The molecule has 0 aliphatic carbocycles. The summed E-state index contributed by atoms with van der Waals surface area (Å²) in [7, 11) is 0. The molecule has 2 aromatic rings. The Hall–Kier alpha value is -1.35. The highest BCUT2D eigenvalue weighted by Crippen LogP contribution is 2.13. The minimum atomic E-state index is 0.184. The van der Waals surface area contributed by atoms with Gasteiger partial charge in [0.1, 0.15) is 0 Å². The summed E-state index contributed by atoms with van der Waals surface area (Å²) in [6.45, 7) is 7.51. The van der Waals surface area contributed by atoms with Crippen LogP contribution in [0, 0.1) is 0 Å². The average Bonchev–Trinajstić information content (AvgIpc) is 2.70. The lowest BCUT2D eigenvalue weighted by Crippen LogP contribution is -2.37. The summed E-state index contributed by atoms with van der Waals surface area (Å²) in [5, 5.41) is 7.87. The van der Waals surface area contributed by atoms with Crippen molar-refractivity contribution in [3.8, 4) is 0 Å². The molecule has 1 N–H and O–H groups in total. The van der Waals surface area contributed by atoms with E-state index in [0.717, 1.165) is 13.0 Å². The van der Waals surface area contributed by atoms with Gasteiger partial charge in [0.2, 0.25) is 0 Å². The minimum Gasteiger partial charge on any atom is -0.308 e. The Morgan fingerprint density at radius 1 is 1.38 bits per heavy atom. The van der Waals surface area contributed by atoms with Gasteiger partial charge in [0.05, 0.1) is 11.7 Å². The van der Waals surface area contributed by atoms with Gasteiger partial charge in [-0.1, -0.05) is 13.0 Å². The Balaban J connectivity index is 2.16. The smallest absolute Gasteiger partial charge is 0.0706 e. The van der Waals surface area contributed by atoms with Crippen molar-refractivity contribution < 1.29 is 0 Å². The van der Waals surface area contributed by atoms with E-state index >= 15 is 0 Å². The molecule has 0 atom stereocenters. The minimum absolute atomic E-state index is 0.184. The first-order chi connectivity index (χ1) is 7.62. The summed E-state index contributed by atoms with van der Waals surface area (Å²) in [5.41, 5.74) is 2.62. The van der Waals surface area contributed by atoms with Crippen molar-refractivity contribution in [3.05, 3.63) is 36.2 Å². The highest BCUT2D eigenvalue weighted by Gasteiger charge is 2.14. The Labute approximate surface area is 96.5 Å². The van der Waals surface area contributed by atoms with Crippen LogP contribution in [0.1, 0.15) is 32.8 Å². The molecule has 2 aromatic heterocycles. The normalized spacial score (nSPS) is 12.2. The first kappa shape index (κ1) is 11.1. The number of hydrogen-bond donors (Lipinski definition) is 1. The second-order valence-electron chi connectivity index (χ2n) is 4.79. The molecule has 0 saturated heterocycles. The van der Waals surface area contributed by atoms with Crippen LogP contribution in [0.3, 0.4) is 0 Å². The number of pyridine rings is 1. The van der Waals surface area contributed by atoms with Crippen LogP contribution in [-0.4, -0.2) is 15.2 Å². The van der Waals surface area contributed by atoms with Gasteiger partial charge in [-0.25, -0.2) is 4.52 Å². The van der Waals surface area contributed by atoms with Gasteiger partial charge in [-0.2, -0.15) is 5.10 Å². The molecule has 0 unspecified atom stereocenters. The van der Waals surface area contributed by atoms with Gasteiger partial charge in [-0.3, -0.25) is 0 Å². The molecule has 0 aliphatic heterocycles. The van der Waals surface area contributed by atoms with Crippen LogP contribution in [0.15, 0.2) is 30.6 Å². The summed E-state index contributed by atoms with van der Waals surface area (Å²) in [6, 6.07) is 6.14. The average molecular weight is 217 g/mol. The Kier molecular flexibility index (Phi) is 2.97. The highest BCUT2D eigenvalue weighted by molar-refractivity contribution is 5.53. The van der Waals surface area contributed by atoms with E-state index < -0.39 is 0 Å². The number of rotatable bonds is 4. The molecule has 2 rings (SSSR count). The van der Waals surface area contributed by atoms with Crippen LogP contribution in [-0.2, 0) is 6.54 Å². The molecule has 0 aliphatic rings. The maximum absolute atomic E-state index is 4.32. The lowest BCUT2D eigenvalue weighted by atomic mass is 10.0. The first-order valence-corrected chi connectivity index (χ1v) is 5.79. The second-order valence-corrected chi connectivity index (χ2v) is 4.79. The van der Waals surface area contributed by atoms with Crippen molar-refractivity contribution in [1.29, 1.82) is 0 Å². The van der Waals surface area contributed by atoms with Gasteiger partial charge in [0.15, 0.2) is 0 Å². The third kappa shape index (κ3) is 2.25. The van der Waals surface area contributed by atoms with Crippen molar-refractivity contribution in [2.45, 2.75) is 39.3 Å². The van der Waals surface area contributed by atoms with Crippen molar-refractivity contribution in [2.75, 3.05) is 0 Å². The molecule has 2 heterocycles. The van der Waals surface area contributed by atoms with Crippen LogP contribution in [0.2, 0.25) is 0 Å². The summed E-state index contributed by atoms with van der Waals surface area (Å²) in [5.74, 6) is 0. The Bertz CT molecular complexity index is 471. The van der Waals surface area contributed by atoms with Crippen LogP contribution in [0.5, 0.6) is 0 Å². The SMILES string of the molecule is CCC(C)(C)NCc1cnn2ccccc12. The molecule has 16 heavy (non-hydrogen) atoms. The lowest BCUT2D eigenvalue weighted by Gasteiger charge is -2.24. The fraction of sp³-hybridized carbons (Fsp3) is 0.462. The van der Waals surface area contributed by atoms with E-state index in [0.29, 0.717) is 0 Å². The Morgan fingerprint density at radius 2 is 2.19 bits per heavy atom. The van der Waals surface area contributed by atoms with E-state index in [9.17, 15) is 0 Å². The van der Waals surface area contributed by atoms with Crippen molar-refractivity contribution in [2.24, 2.45) is 0 Å². The third-order valence-electron chi connectivity index (χ3n) is 3.15. The van der Waals surface area contributed by atoms with E-state index in [1.54, 1.807) is 0 Å². The topological polar surface area (TPSA) is 29.3 Å². The fourth-order valence-corrected chi connectivity index (χ4v) is 1.58. The standard InChI is InChI=1S/C13H19N3/c1-4-13(2,3)14-9-11-10-15-16-8-6-5-7-12(11)16/h5-8,10,14H,4,9H2,1-3H3. The quantitative estimate of drug-likeness (QED) is 0.853. The van der Waals surface area contributed by atoms with E-state index in [1.165, 1.54) is 11.1 Å². The van der Waals surface area contributed by atoms with Crippen molar-refractivity contribution in [3.63, 3.8) is 0 Å². The molecule has 86 valence electrons. The van der Waals surface area contributed by atoms with Crippen molar-refractivity contribution in [1.82, 2.24) is 14.9 Å². The molecule has 3 nitrogen and oxygen atoms in total. The zero-order valence-electron chi connectivity index (χ0n) is 10.2. The van der Waals surface area contributed by atoms with Crippen LogP contribution in [0.25, 0.3) is 5.52 Å². The maximum Gasteiger partial charge on any atom is 0.0706 e. The largest absolute Gasteiger partial charge is 0.308 e. The van der Waals surface area contributed by atoms with Gasteiger partial charge in [-0.05, 0) is 32.4 Å². The molecule has 0 aromatic carbocycles. The van der Waals surface area contributed by atoms with Crippen molar-refractivity contribution >= 4 is 5.52 Å². The fourth-order valence-electron chi connectivity index (χ4n) is 1.58. The Morgan fingerprint density at radius 3 is 2.94 bits per heavy atom. The summed E-state index contributed by atoms with van der Waals surface area (Å²) < 4.78 is 1.91. The number of fused-ring (bicyclic) bond motifs is 1. The molecular formula is C13H19N3. The maximum atomic E-state index is 4.32. The highest BCUT2D eigenvalue weighted by atomic mass is 15.2. The molecule has 0 radical (unpaired) electrons. The molecule has 0 fully saturated rings. The number of nitrogens with one attached hydrogen (secondary N) is 1. The van der Waals surface area contributed by atoms with Gasteiger partial charge in [-0.15, -0.1) is 0 Å². The molecule has 0 saturated carbocycles. The third-order valence-corrected chi connectivity index (χ3v) is 3.15.